The van der Waals surface area contributed by atoms with Crippen molar-refractivity contribution in [3.63, 3.8) is 0 Å². The summed E-state index contributed by atoms with van der Waals surface area (Å²) in [7, 11) is 0. The molecule has 0 fully saturated rings. The average Bonchev–Trinajstić information content (AvgIpc) is 2.91. The summed E-state index contributed by atoms with van der Waals surface area (Å²) in [4.78, 5) is 7.91. The number of aryl methyl sites for hydroxylation is 2. The Bertz CT molecular complexity index is 782. The maximum atomic E-state index is 5.86. The Morgan fingerprint density at radius 2 is 2.00 bits per heavy atom. The number of hydrogen-bond acceptors (Lipinski definition) is 5. The first-order valence-electron chi connectivity index (χ1n) is 6.92. The van der Waals surface area contributed by atoms with E-state index in [1.807, 2.05) is 23.0 Å². The van der Waals surface area contributed by atoms with Crippen molar-refractivity contribution in [1.29, 1.82) is 0 Å². The molecular formula is C15H14BrClN6. The first-order chi connectivity index (χ1) is 11.1. The Hall–Kier alpha value is -2.12. The molecule has 0 unspecified atom stereocenters. The third-order valence-corrected chi connectivity index (χ3v) is 3.77. The van der Waals surface area contributed by atoms with E-state index in [2.05, 4.69) is 48.4 Å². The number of nitrogens with two attached hydrogens (primary N) is 1. The molecule has 0 aliphatic rings. The lowest BCUT2D eigenvalue weighted by Crippen LogP contribution is -2.02. The van der Waals surface area contributed by atoms with Gasteiger partial charge in [-0.1, -0.05) is 23.7 Å². The molecule has 3 aromatic rings. The van der Waals surface area contributed by atoms with Crippen LogP contribution in [0.4, 0.5) is 17.5 Å². The van der Waals surface area contributed by atoms with Gasteiger partial charge in [0.1, 0.15) is 11.0 Å². The van der Waals surface area contributed by atoms with Crippen LogP contribution in [-0.2, 0) is 13.0 Å². The molecule has 0 bridgehead atoms. The van der Waals surface area contributed by atoms with Crippen molar-refractivity contribution in [3.8, 4) is 0 Å². The molecule has 3 rings (SSSR count). The largest absolute Gasteiger partial charge is 0.368 e. The number of nitrogen functional groups attached to an aromatic ring is 1. The lowest BCUT2D eigenvalue weighted by molar-refractivity contribution is 0.614. The van der Waals surface area contributed by atoms with Gasteiger partial charge in [0.05, 0.1) is 10.7 Å². The van der Waals surface area contributed by atoms with Crippen LogP contribution in [0.25, 0.3) is 0 Å². The number of benzene rings is 1. The van der Waals surface area contributed by atoms with Crippen LogP contribution in [0.3, 0.4) is 0 Å². The highest BCUT2D eigenvalue weighted by atomic mass is 79.9. The molecule has 6 nitrogen and oxygen atoms in total. The standard InChI is InChI=1S/C15H14BrClN6/c16-11-8-19-23(9-11)6-5-10-1-3-12(4-2-10)20-14-7-13(17)21-15(18)22-14/h1-4,7-9H,5-6H2,(H3,18,20,21,22). The fourth-order valence-corrected chi connectivity index (χ4v) is 2.62. The van der Waals surface area contributed by atoms with Crippen LogP contribution in [0.2, 0.25) is 5.15 Å². The zero-order valence-electron chi connectivity index (χ0n) is 12.1. The first-order valence-corrected chi connectivity index (χ1v) is 8.09. The normalized spacial score (nSPS) is 10.7. The van der Waals surface area contributed by atoms with Crippen LogP contribution in [0.5, 0.6) is 0 Å². The summed E-state index contributed by atoms with van der Waals surface area (Å²) in [6.45, 7) is 0.830. The van der Waals surface area contributed by atoms with Gasteiger partial charge in [0.25, 0.3) is 0 Å². The second-order valence-corrected chi connectivity index (χ2v) is 6.23. The molecule has 0 spiro atoms. The van der Waals surface area contributed by atoms with E-state index in [1.54, 1.807) is 12.3 Å². The van der Waals surface area contributed by atoms with Crippen LogP contribution < -0.4 is 11.1 Å². The van der Waals surface area contributed by atoms with Gasteiger partial charge in [-0.2, -0.15) is 10.1 Å². The lowest BCUT2D eigenvalue weighted by Gasteiger charge is -2.08. The van der Waals surface area contributed by atoms with Crippen molar-refractivity contribution in [1.82, 2.24) is 19.7 Å². The molecule has 0 aliphatic heterocycles. The minimum absolute atomic E-state index is 0.141. The Balaban J connectivity index is 1.62. The Labute approximate surface area is 146 Å². The summed E-state index contributed by atoms with van der Waals surface area (Å²) in [5.74, 6) is 0.707. The first kappa shape index (κ1) is 15.8. The third-order valence-electron chi connectivity index (χ3n) is 3.17. The van der Waals surface area contributed by atoms with E-state index in [0.29, 0.717) is 11.0 Å². The van der Waals surface area contributed by atoms with Crippen LogP contribution in [0.15, 0.2) is 47.2 Å². The Morgan fingerprint density at radius 1 is 1.22 bits per heavy atom. The van der Waals surface area contributed by atoms with E-state index < -0.39 is 0 Å². The minimum Gasteiger partial charge on any atom is -0.368 e. The van der Waals surface area contributed by atoms with E-state index in [0.717, 1.165) is 23.1 Å². The predicted molar refractivity (Wildman–Crippen MR) is 94.8 cm³/mol. The summed E-state index contributed by atoms with van der Waals surface area (Å²) < 4.78 is 2.89. The summed E-state index contributed by atoms with van der Waals surface area (Å²) in [5, 5.41) is 7.70. The van der Waals surface area contributed by atoms with Gasteiger partial charge >= 0.3 is 0 Å². The van der Waals surface area contributed by atoms with E-state index in [1.165, 1.54) is 5.56 Å². The van der Waals surface area contributed by atoms with E-state index in [9.17, 15) is 0 Å². The SMILES string of the molecule is Nc1nc(Cl)cc(Nc2ccc(CCn3cc(Br)cn3)cc2)n1. The Kier molecular flexibility index (Phi) is 4.78. The van der Waals surface area contributed by atoms with Gasteiger partial charge in [-0.05, 0) is 40.0 Å². The summed E-state index contributed by atoms with van der Waals surface area (Å²) in [5.41, 5.74) is 7.71. The summed E-state index contributed by atoms with van der Waals surface area (Å²) >= 11 is 9.25. The maximum absolute atomic E-state index is 5.86. The van der Waals surface area contributed by atoms with Crippen LogP contribution in [0.1, 0.15) is 5.56 Å². The Morgan fingerprint density at radius 3 is 2.65 bits per heavy atom. The molecule has 0 aliphatic carbocycles. The number of rotatable bonds is 5. The fraction of sp³-hybridized carbons (Fsp3) is 0.133. The van der Waals surface area contributed by atoms with Crippen molar-refractivity contribution in [3.05, 3.63) is 57.9 Å². The second-order valence-electron chi connectivity index (χ2n) is 4.93. The number of anilines is 3. The van der Waals surface area contributed by atoms with Gasteiger partial charge < -0.3 is 11.1 Å². The highest BCUT2D eigenvalue weighted by Gasteiger charge is 2.02. The highest BCUT2D eigenvalue weighted by Crippen LogP contribution is 2.19. The van der Waals surface area contributed by atoms with Gasteiger partial charge in [-0.3, -0.25) is 4.68 Å². The lowest BCUT2D eigenvalue weighted by atomic mass is 10.1. The molecule has 8 heteroatoms. The number of nitrogens with one attached hydrogen (secondary N) is 1. The van der Waals surface area contributed by atoms with Crippen LogP contribution >= 0.6 is 27.5 Å². The molecule has 0 radical (unpaired) electrons. The molecule has 0 atom stereocenters. The fourth-order valence-electron chi connectivity index (χ4n) is 2.11. The van der Waals surface area contributed by atoms with Gasteiger partial charge in [0, 0.05) is 24.5 Å². The minimum atomic E-state index is 0.141. The number of aromatic nitrogens is 4. The smallest absolute Gasteiger partial charge is 0.223 e. The van der Waals surface area contributed by atoms with Gasteiger partial charge in [-0.15, -0.1) is 0 Å². The molecule has 1 aromatic carbocycles. The second kappa shape index (κ2) is 6.97. The van der Waals surface area contributed by atoms with Crippen molar-refractivity contribution in [2.45, 2.75) is 13.0 Å². The molecule has 0 saturated carbocycles. The quantitative estimate of drug-likeness (QED) is 0.647. The van der Waals surface area contributed by atoms with Gasteiger partial charge in [0.15, 0.2) is 0 Å². The van der Waals surface area contributed by atoms with Gasteiger partial charge in [0.2, 0.25) is 5.95 Å². The van der Waals surface area contributed by atoms with E-state index >= 15 is 0 Å². The highest BCUT2D eigenvalue weighted by molar-refractivity contribution is 9.10. The van der Waals surface area contributed by atoms with E-state index in [-0.39, 0.29) is 5.95 Å². The zero-order chi connectivity index (χ0) is 16.2. The molecule has 0 saturated heterocycles. The molecule has 0 amide bonds. The molecular weight excluding hydrogens is 380 g/mol. The monoisotopic (exact) mass is 392 g/mol. The number of nitrogens with zero attached hydrogens (tertiary/aromatic N) is 4. The number of halogens is 2. The van der Waals surface area contributed by atoms with Crippen molar-refractivity contribution in [2.75, 3.05) is 11.1 Å². The third kappa shape index (κ3) is 4.43. The number of hydrogen-bond donors (Lipinski definition) is 2. The van der Waals surface area contributed by atoms with Crippen molar-refractivity contribution >= 4 is 45.0 Å². The predicted octanol–water partition coefficient (Wildman–Crippen LogP) is 3.66. The maximum Gasteiger partial charge on any atom is 0.223 e. The molecule has 3 N–H and O–H groups in total. The van der Waals surface area contributed by atoms with Crippen molar-refractivity contribution in [2.24, 2.45) is 0 Å². The zero-order valence-corrected chi connectivity index (χ0v) is 14.4. The molecule has 2 heterocycles. The summed E-state index contributed by atoms with van der Waals surface area (Å²) in [6.07, 6.45) is 4.64. The molecule has 2 aromatic heterocycles. The summed E-state index contributed by atoms with van der Waals surface area (Å²) in [6, 6.07) is 9.72. The molecule has 118 valence electrons. The van der Waals surface area contributed by atoms with Crippen LogP contribution in [-0.4, -0.2) is 19.7 Å². The van der Waals surface area contributed by atoms with Gasteiger partial charge in [-0.25, -0.2) is 4.98 Å². The topological polar surface area (TPSA) is 81.6 Å². The van der Waals surface area contributed by atoms with Crippen LogP contribution in [0, 0.1) is 0 Å². The molecule has 23 heavy (non-hydrogen) atoms. The van der Waals surface area contributed by atoms with E-state index in [4.69, 9.17) is 17.3 Å². The average molecular weight is 394 g/mol. The van der Waals surface area contributed by atoms with Crippen molar-refractivity contribution < 1.29 is 0 Å².